The molecule has 2 bridgehead atoms. The zero-order chi connectivity index (χ0) is 25.3. The van der Waals surface area contributed by atoms with E-state index >= 15 is 4.39 Å². The van der Waals surface area contributed by atoms with Gasteiger partial charge in [0, 0.05) is 23.0 Å². The fraction of sp³-hybridized carbons (Fsp3) is 0.621. The van der Waals surface area contributed by atoms with Crippen molar-refractivity contribution in [1.29, 1.82) is 0 Å². The van der Waals surface area contributed by atoms with Crippen LogP contribution in [0.15, 0.2) is 35.9 Å². The second-order valence-electron chi connectivity index (χ2n) is 12.5. The minimum atomic E-state index is -1.65. The number of fused-ring (bicyclic) bond motifs is 2. The van der Waals surface area contributed by atoms with E-state index in [1.165, 1.54) is 11.1 Å². The Bertz CT molecular complexity index is 1330. The lowest BCUT2D eigenvalue weighted by molar-refractivity contribution is -0.239. The quantitative estimate of drug-likeness (QED) is 0.550. The highest BCUT2D eigenvalue weighted by Crippen LogP contribution is 2.71. The van der Waals surface area contributed by atoms with E-state index in [4.69, 9.17) is 4.74 Å². The van der Waals surface area contributed by atoms with Gasteiger partial charge in [0.1, 0.15) is 11.7 Å². The van der Waals surface area contributed by atoms with Crippen LogP contribution < -0.4 is 0 Å². The van der Waals surface area contributed by atoms with Crippen LogP contribution in [-0.2, 0) is 4.74 Å². The van der Waals surface area contributed by atoms with Gasteiger partial charge in [0.2, 0.25) is 0 Å². The molecule has 2 aliphatic heterocycles. The Kier molecular flexibility index (Phi) is 4.53. The summed E-state index contributed by atoms with van der Waals surface area (Å²) in [5.41, 5.74) is 1.57. The van der Waals surface area contributed by atoms with Gasteiger partial charge in [-0.1, -0.05) is 19.1 Å². The van der Waals surface area contributed by atoms with Crippen LogP contribution >= 0.6 is 0 Å². The molecular weight excluding hydrogens is 457 g/mol. The highest BCUT2D eigenvalue weighted by molar-refractivity contribution is 5.87. The summed E-state index contributed by atoms with van der Waals surface area (Å²) >= 11 is 0. The number of aliphatic hydroxyl groups is 2. The van der Waals surface area contributed by atoms with Crippen LogP contribution in [0.3, 0.4) is 0 Å². The summed E-state index contributed by atoms with van der Waals surface area (Å²) in [6.45, 7) is 4.34. The summed E-state index contributed by atoms with van der Waals surface area (Å²) in [6.07, 6.45) is 5.68. The molecule has 8 atom stereocenters. The first-order valence-electron chi connectivity index (χ1n) is 13.3. The van der Waals surface area contributed by atoms with Gasteiger partial charge < -0.3 is 19.8 Å². The molecule has 5 aliphatic rings. The molecule has 2 saturated carbocycles. The van der Waals surface area contributed by atoms with Crippen molar-refractivity contribution in [3.8, 4) is 0 Å². The van der Waals surface area contributed by atoms with Gasteiger partial charge in [-0.15, -0.1) is 0 Å². The van der Waals surface area contributed by atoms with Gasteiger partial charge in [0.25, 0.3) is 0 Å². The summed E-state index contributed by atoms with van der Waals surface area (Å²) in [7, 11) is 3.84. The summed E-state index contributed by atoms with van der Waals surface area (Å²) in [4.78, 5) is 1.96. The number of nitrogens with zero attached hydrogens (tertiary/aromatic N) is 2. The third-order valence-corrected chi connectivity index (χ3v) is 10.7. The molecule has 36 heavy (non-hydrogen) atoms. The molecule has 1 aromatic heterocycles. The van der Waals surface area contributed by atoms with Crippen molar-refractivity contribution >= 4 is 16.5 Å². The van der Waals surface area contributed by atoms with Crippen molar-refractivity contribution in [2.24, 2.45) is 11.3 Å². The minimum Gasteiger partial charge on any atom is -0.388 e. The average molecular weight is 494 g/mol. The molecule has 3 heterocycles. The van der Waals surface area contributed by atoms with Crippen LogP contribution in [0.25, 0.3) is 16.5 Å². The molecule has 0 amide bonds. The largest absolute Gasteiger partial charge is 0.388 e. The third kappa shape index (κ3) is 2.62. The van der Waals surface area contributed by atoms with E-state index in [0.717, 1.165) is 23.0 Å². The van der Waals surface area contributed by atoms with E-state index < -0.39 is 29.1 Å². The summed E-state index contributed by atoms with van der Waals surface area (Å²) in [5, 5.41) is 30.6. The topological polar surface area (TPSA) is 81.6 Å². The smallest absolute Gasteiger partial charge is 0.158 e. The zero-order valence-electron chi connectivity index (χ0n) is 21.5. The predicted molar refractivity (Wildman–Crippen MR) is 136 cm³/mol. The molecule has 0 radical (unpaired) electrons. The second kappa shape index (κ2) is 7.07. The maximum absolute atomic E-state index is 17.1. The van der Waals surface area contributed by atoms with E-state index in [1.807, 2.05) is 25.9 Å². The number of likely N-dealkylation sites (N-methyl/N-ethyl adjacent to an activating group) is 1. The Morgan fingerprint density at radius 2 is 1.97 bits per heavy atom. The number of aromatic amines is 1. The highest BCUT2D eigenvalue weighted by atomic mass is 19.1. The van der Waals surface area contributed by atoms with Gasteiger partial charge in [-0.25, -0.2) is 4.39 Å². The van der Waals surface area contributed by atoms with Gasteiger partial charge in [-0.2, -0.15) is 5.10 Å². The van der Waals surface area contributed by atoms with Crippen LogP contribution in [0.4, 0.5) is 4.39 Å². The number of rotatable bonds is 2. The van der Waals surface area contributed by atoms with E-state index in [1.54, 1.807) is 6.08 Å². The fourth-order valence-corrected chi connectivity index (χ4v) is 8.74. The molecule has 6 nitrogen and oxygen atoms in total. The van der Waals surface area contributed by atoms with E-state index in [9.17, 15) is 10.2 Å². The van der Waals surface area contributed by atoms with Crippen molar-refractivity contribution < 1.29 is 19.3 Å². The molecular formula is C29H36FN3O3. The molecule has 3 fully saturated rings. The van der Waals surface area contributed by atoms with Crippen molar-refractivity contribution in [2.45, 2.75) is 87.5 Å². The van der Waals surface area contributed by atoms with Crippen LogP contribution in [0.2, 0.25) is 0 Å². The summed E-state index contributed by atoms with van der Waals surface area (Å²) in [5.74, 6) is 0.0128. The lowest BCUT2D eigenvalue weighted by Crippen LogP contribution is -2.68. The molecule has 2 aromatic rings. The van der Waals surface area contributed by atoms with E-state index in [0.29, 0.717) is 37.7 Å². The van der Waals surface area contributed by atoms with Crippen LogP contribution in [0.1, 0.15) is 56.7 Å². The SMILES string of the molecule is Cc1[nH]nc2ccc(C3=CCC4C3(C)CCC3(F)C=C5C(O)C(O)C(N(C)C)CC56CCC43O6)cc12. The molecule has 3 N–H and O–H groups in total. The first-order chi connectivity index (χ1) is 17.0. The highest BCUT2D eigenvalue weighted by Gasteiger charge is 2.74. The summed E-state index contributed by atoms with van der Waals surface area (Å²) < 4.78 is 24.2. The molecule has 7 rings (SSSR count). The molecule has 1 saturated heterocycles. The number of aryl methyl sites for hydroxylation is 1. The monoisotopic (exact) mass is 493 g/mol. The standard InChI is InChI=1S/C29H36FN3O3/c1-16-18-13-17(5-7-21(18)32-31-16)19-6-8-23-26(19,2)9-11-28(30)14-20-24(34)25(35)22(33(3)4)15-27(20)10-12-29(23,28)36-27/h5-7,13-14,22-25,34-35H,8-12,15H2,1-4H3,(H,31,32). The second-order valence-corrected chi connectivity index (χ2v) is 12.5. The lowest BCUT2D eigenvalue weighted by atomic mass is 9.53. The zero-order valence-corrected chi connectivity index (χ0v) is 21.5. The maximum Gasteiger partial charge on any atom is 0.158 e. The predicted octanol–water partition coefficient (Wildman–Crippen LogP) is 4.07. The van der Waals surface area contributed by atoms with Crippen LogP contribution in [0, 0.1) is 18.3 Å². The first-order valence-corrected chi connectivity index (χ1v) is 13.3. The molecule has 2 spiro atoms. The molecule has 7 heteroatoms. The Labute approximate surface area is 211 Å². The van der Waals surface area contributed by atoms with Gasteiger partial charge in [-0.3, -0.25) is 5.10 Å². The van der Waals surface area contributed by atoms with E-state index in [-0.39, 0.29) is 17.4 Å². The van der Waals surface area contributed by atoms with Crippen molar-refractivity contribution in [2.75, 3.05) is 14.1 Å². The molecule has 3 aliphatic carbocycles. The number of aromatic nitrogens is 2. The van der Waals surface area contributed by atoms with Crippen LogP contribution in [0.5, 0.6) is 0 Å². The number of hydrogen-bond acceptors (Lipinski definition) is 5. The number of nitrogens with one attached hydrogen (secondary N) is 1. The minimum absolute atomic E-state index is 0.0128. The number of halogens is 1. The molecule has 1 aromatic carbocycles. The van der Waals surface area contributed by atoms with Crippen LogP contribution in [-0.4, -0.2) is 74.5 Å². The van der Waals surface area contributed by atoms with Gasteiger partial charge >= 0.3 is 0 Å². The number of alkyl halides is 1. The number of aliphatic hydroxyl groups excluding tert-OH is 2. The van der Waals surface area contributed by atoms with Crippen molar-refractivity contribution in [3.05, 3.63) is 47.2 Å². The van der Waals surface area contributed by atoms with Gasteiger partial charge in [0.05, 0.1) is 17.2 Å². The lowest BCUT2D eigenvalue weighted by Gasteiger charge is -2.60. The molecule has 8 unspecified atom stereocenters. The van der Waals surface area contributed by atoms with Crippen molar-refractivity contribution in [1.82, 2.24) is 15.1 Å². The number of H-pyrrole nitrogens is 1. The van der Waals surface area contributed by atoms with Gasteiger partial charge in [-0.05, 0) is 99.9 Å². The van der Waals surface area contributed by atoms with Crippen molar-refractivity contribution in [3.63, 3.8) is 0 Å². The number of hydrogen-bond donors (Lipinski definition) is 3. The number of benzene rings is 1. The Balaban J connectivity index is 1.30. The normalized spacial score (nSPS) is 45.3. The summed E-state index contributed by atoms with van der Waals surface area (Å²) in [6, 6.07) is 6.20. The Hall–Kier alpha value is -2.06. The first kappa shape index (κ1) is 23.1. The Morgan fingerprint density at radius 1 is 1.17 bits per heavy atom. The Morgan fingerprint density at radius 3 is 2.75 bits per heavy atom. The third-order valence-electron chi connectivity index (χ3n) is 10.7. The maximum atomic E-state index is 17.1. The molecule has 192 valence electrons. The number of allylic oxidation sites excluding steroid dienone is 2. The van der Waals surface area contributed by atoms with E-state index in [2.05, 4.69) is 41.4 Å². The van der Waals surface area contributed by atoms with Gasteiger partial charge in [0.15, 0.2) is 5.67 Å². The number of ether oxygens (including phenoxy) is 1. The average Bonchev–Trinajstić information content (AvgIpc) is 3.50. The fourth-order valence-electron chi connectivity index (χ4n) is 8.74.